The van der Waals surface area contributed by atoms with Gasteiger partial charge in [0.1, 0.15) is 0 Å². The number of carbonyl (C=O) groups excluding carboxylic acids is 1. The third-order valence-corrected chi connectivity index (χ3v) is 8.54. The van der Waals surface area contributed by atoms with Gasteiger partial charge in [-0.2, -0.15) is 5.10 Å². The zero-order valence-corrected chi connectivity index (χ0v) is 24.2. The molecule has 5 aromatic rings. The Morgan fingerprint density at radius 3 is 2.40 bits per heavy atom. The molecule has 0 spiro atoms. The first kappa shape index (κ1) is 26.0. The normalized spacial score (nSPS) is 14.6. The van der Waals surface area contributed by atoms with Gasteiger partial charge in [0.25, 0.3) is 11.5 Å². The van der Waals surface area contributed by atoms with Crippen molar-refractivity contribution in [3.05, 3.63) is 104 Å². The van der Waals surface area contributed by atoms with Crippen LogP contribution in [0.5, 0.6) is 0 Å². The van der Waals surface area contributed by atoms with Crippen molar-refractivity contribution in [1.29, 1.82) is 0 Å². The second kappa shape index (κ2) is 10.4. The standard InChI is InChI=1S/C30H28N6O2S2/c1-19(2)17-34-23-14-9-8-13-22(23)27(28(34)37)32-35-24(25-15-10-16-39-25)18-40-30(35)31-26-20(3)33(4)36(29(26)38)21-11-6-5-7-12-21/h5-16,18-19H,17H2,1-4H3. The van der Waals surface area contributed by atoms with Crippen molar-refractivity contribution in [1.82, 2.24) is 14.0 Å². The summed E-state index contributed by atoms with van der Waals surface area (Å²) < 4.78 is 5.12. The first-order valence-electron chi connectivity index (χ1n) is 13.0. The molecule has 0 fully saturated rings. The maximum atomic E-state index is 13.7. The maximum absolute atomic E-state index is 13.7. The van der Waals surface area contributed by atoms with Crippen LogP contribution in [0.15, 0.2) is 92.4 Å². The van der Waals surface area contributed by atoms with E-state index in [9.17, 15) is 9.59 Å². The maximum Gasteiger partial charge on any atom is 0.297 e. The van der Waals surface area contributed by atoms with E-state index in [0.29, 0.717) is 28.7 Å². The largest absolute Gasteiger partial charge is 0.306 e. The molecule has 8 nitrogen and oxygen atoms in total. The van der Waals surface area contributed by atoms with Crippen LogP contribution in [0.25, 0.3) is 16.3 Å². The molecule has 0 aliphatic carbocycles. The number of thiophene rings is 1. The van der Waals surface area contributed by atoms with Crippen LogP contribution in [0.2, 0.25) is 0 Å². The molecule has 4 heterocycles. The smallest absolute Gasteiger partial charge is 0.297 e. The highest BCUT2D eigenvalue weighted by atomic mass is 32.1. The summed E-state index contributed by atoms with van der Waals surface area (Å²) in [6, 6.07) is 21.2. The van der Waals surface area contributed by atoms with Crippen LogP contribution < -0.4 is 15.3 Å². The summed E-state index contributed by atoms with van der Waals surface area (Å²) in [6.45, 7) is 6.66. The number of rotatable bonds is 6. The molecule has 3 aromatic heterocycles. The second-order valence-electron chi connectivity index (χ2n) is 9.99. The molecule has 40 heavy (non-hydrogen) atoms. The number of amides is 1. The lowest BCUT2D eigenvalue weighted by Gasteiger charge is -2.18. The van der Waals surface area contributed by atoms with Crippen LogP contribution in [0.4, 0.5) is 11.4 Å². The number of benzene rings is 2. The fourth-order valence-electron chi connectivity index (χ4n) is 4.85. The minimum absolute atomic E-state index is 0.140. The molecule has 0 N–H and O–H groups in total. The Morgan fingerprint density at radius 2 is 1.68 bits per heavy atom. The van der Waals surface area contributed by atoms with E-state index in [1.54, 1.807) is 30.3 Å². The summed E-state index contributed by atoms with van der Waals surface area (Å²) in [7, 11) is 1.85. The van der Waals surface area contributed by atoms with Gasteiger partial charge in [-0.25, -0.2) is 14.4 Å². The van der Waals surface area contributed by atoms with Crippen molar-refractivity contribution < 1.29 is 4.79 Å². The van der Waals surface area contributed by atoms with Crippen LogP contribution >= 0.6 is 22.7 Å². The molecule has 2 aromatic carbocycles. The topological polar surface area (TPSA) is 76.9 Å². The molecule has 1 aliphatic heterocycles. The number of para-hydroxylation sites is 2. The average Bonchev–Trinajstić information content (AvgIpc) is 3.71. The first-order chi connectivity index (χ1) is 19.3. The lowest BCUT2D eigenvalue weighted by molar-refractivity contribution is -0.112. The molecule has 1 aliphatic rings. The van der Waals surface area contributed by atoms with Gasteiger partial charge in [0.05, 0.1) is 27.6 Å². The van der Waals surface area contributed by atoms with E-state index in [2.05, 4.69) is 13.8 Å². The average molecular weight is 569 g/mol. The lowest BCUT2D eigenvalue weighted by Crippen LogP contribution is -2.33. The molecular weight excluding hydrogens is 541 g/mol. The Labute approximate surface area is 239 Å². The first-order valence-corrected chi connectivity index (χ1v) is 14.7. The van der Waals surface area contributed by atoms with Crippen LogP contribution in [0, 0.1) is 12.8 Å². The predicted molar refractivity (Wildman–Crippen MR) is 162 cm³/mol. The Morgan fingerprint density at radius 1 is 0.925 bits per heavy atom. The third kappa shape index (κ3) is 4.39. The zero-order chi connectivity index (χ0) is 28.0. The molecule has 10 heteroatoms. The van der Waals surface area contributed by atoms with E-state index < -0.39 is 0 Å². The van der Waals surface area contributed by atoms with Crippen molar-refractivity contribution in [3.63, 3.8) is 0 Å². The van der Waals surface area contributed by atoms with Gasteiger partial charge in [0.2, 0.25) is 4.80 Å². The number of aromatic nitrogens is 3. The lowest BCUT2D eigenvalue weighted by atomic mass is 10.1. The second-order valence-corrected chi connectivity index (χ2v) is 11.8. The Bertz CT molecular complexity index is 1870. The van der Waals surface area contributed by atoms with Crippen molar-refractivity contribution >= 4 is 45.7 Å². The molecule has 1 amide bonds. The number of hydrogen-bond acceptors (Lipinski definition) is 6. The summed E-state index contributed by atoms with van der Waals surface area (Å²) in [5.74, 6) is 0.157. The van der Waals surface area contributed by atoms with Crippen LogP contribution in [0.3, 0.4) is 0 Å². The molecule has 0 bridgehead atoms. The summed E-state index contributed by atoms with van der Waals surface area (Å²) in [5.41, 5.74) is 4.42. The van der Waals surface area contributed by atoms with Crippen molar-refractivity contribution in [2.75, 3.05) is 11.4 Å². The minimum atomic E-state index is -0.220. The van der Waals surface area contributed by atoms with Crippen LogP contribution in [-0.2, 0) is 11.8 Å². The van der Waals surface area contributed by atoms with E-state index in [-0.39, 0.29) is 11.5 Å². The minimum Gasteiger partial charge on any atom is -0.306 e. The van der Waals surface area contributed by atoms with Gasteiger partial charge in [-0.05, 0) is 42.5 Å². The number of anilines is 1. The molecular formula is C30H28N6O2S2. The Balaban J connectivity index is 1.57. The van der Waals surface area contributed by atoms with Gasteiger partial charge in [-0.3, -0.25) is 14.3 Å². The summed E-state index contributed by atoms with van der Waals surface area (Å²) in [5, 5.41) is 8.92. The van der Waals surface area contributed by atoms with E-state index in [0.717, 1.165) is 33.2 Å². The van der Waals surface area contributed by atoms with E-state index in [1.165, 1.54) is 11.3 Å². The summed E-state index contributed by atoms with van der Waals surface area (Å²) in [4.78, 5) is 35.5. The molecule has 0 atom stereocenters. The van der Waals surface area contributed by atoms with E-state index in [1.807, 2.05) is 91.5 Å². The van der Waals surface area contributed by atoms with Crippen LogP contribution in [-0.4, -0.2) is 32.2 Å². The van der Waals surface area contributed by atoms with E-state index in [4.69, 9.17) is 10.1 Å². The SMILES string of the molecule is Cc1c(N=c2scc(-c3cccs3)n2N=C2C(=O)N(CC(C)C)c3ccccc32)c(=O)n(-c2ccccc2)n1C. The highest BCUT2D eigenvalue weighted by Crippen LogP contribution is 2.31. The highest BCUT2D eigenvalue weighted by molar-refractivity contribution is 7.14. The number of hydrogen-bond donors (Lipinski definition) is 0. The Hall–Kier alpha value is -4.28. The van der Waals surface area contributed by atoms with Gasteiger partial charge >= 0.3 is 0 Å². The molecule has 6 rings (SSSR count). The van der Waals surface area contributed by atoms with Crippen molar-refractivity contribution in [3.8, 4) is 16.3 Å². The monoisotopic (exact) mass is 568 g/mol. The van der Waals surface area contributed by atoms with Gasteiger partial charge in [-0.1, -0.05) is 56.3 Å². The van der Waals surface area contributed by atoms with Crippen molar-refractivity contribution in [2.24, 2.45) is 23.1 Å². The van der Waals surface area contributed by atoms with Crippen molar-refractivity contribution in [2.45, 2.75) is 20.8 Å². The highest BCUT2D eigenvalue weighted by Gasteiger charge is 2.34. The fourth-order valence-corrected chi connectivity index (χ4v) is 6.48. The van der Waals surface area contributed by atoms with Gasteiger partial charge in [0, 0.05) is 24.5 Å². The number of nitrogens with zero attached hydrogens (tertiary/aromatic N) is 6. The van der Waals surface area contributed by atoms with Gasteiger partial charge in [-0.15, -0.1) is 22.7 Å². The molecule has 0 saturated carbocycles. The number of fused-ring (bicyclic) bond motifs is 1. The third-order valence-electron chi connectivity index (χ3n) is 6.84. The summed E-state index contributed by atoms with van der Waals surface area (Å²) >= 11 is 2.97. The quantitative estimate of drug-likeness (QED) is 0.269. The number of thiazole rings is 1. The van der Waals surface area contributed by atoms with Crippen LogP contribution in [0.1, 0.15) is 25.1 Å². The van der Waals surface area contributed by atoms with E-state index >= 15 is 0 Å². The molecule has 0 saturated heterocycles. The van der Waals surface area contributed by atoms with Gasteiger partial charge < -0.3 is 4.90 Å². The summed E-state index contributed by atoms with van der Waals surface area (Å²) in [6.07, 6.45) is 0. The fraction of sp³-hybridized carbons (Fsp3) is 0.200. The predicted octanol–water partition coefficient (Wildman–Crippen LogP) is 5.56. The molecule has 0 unspecified atom stereocenters. The molecule has 202 valence electrons. The molecule has 0 radical (unpaired) electrons. The zero-order valence-electron chi connectivity index (χ0n) is 22.6. The van der Waals surface area contributed by atoms with Gasteiger partial charge in [0.15, 0.2) is 11.4 Å². The Kier molecular flexibility index (Phi) is 6.73. The number of carbonyl (C=O) groups is 1.